The van der Waals surface area contributed by atoms with E-state index in [1.165, 1.54) is 0 Å². The number of methoxy groups -OCH3 is 1. The van der Waals surface area contributed by atoms with Gasteiger partial charge >= 0.3 is 5.97 Å². The molecule has 0 aromatic heterocycles. The van der Waals surface area contributed by atoms with E-state index in [-0.39, 0.29) is 0 Å². The Bertz CT molecular complexity index is 584. The van der Waals surface area contributed by atoms with Crippen LogP contribution in [0.4, 0.5) is 0 Å². The molecule has 0 amide bonds. The Kier molecular flexibility index (Phi) is 4.20. The zero-order valence-corrected chi connectivity index (χ0v) is 11.7. The number of hydrogen-bond acceptors (Lipinski definition) is 5. The normalized spacial score (nSPS) is 16.4. The maximum atomic E-state index is 11.5. The molecule has 0 spiro atoms. The van der Waals surface area contributed by atoms with Crippen molar-refractivity contribution in [3.63, 3.8) is 0 Å². The third-order valence-electron chi connectivity index (χ3n) is 2.55. The average Bonchev–Trinajstić information content (AvgIpc) is 2.77. The molecule has 1 aromatic carbocycles. The van der Waals surface area contributed by atoms with Gasteiger partial charge in [-0.1, -0.05) is 12.1 Å². The van der Waals surface area contributed by atoms with Gasteiger partial charge in [-0.2, -0.15) is 0 Å². The molecule has 1 aliphatic heterocycles. The molecule has 20 heavy (non-hydrogen) atoms. The van der Waals surface area contributed by atoms with E-state index in [4.69, 9.17) is 9.47 Å². The summed E-state index contributed by atoms with van der Waals surface area (Å²) in [5.41, 5.74) is 1.26. The van der Waals surface area contributed by atoms with Crippen LogP contribution in [0.5, 0.6) is 5.75 Å². The molecule has 5 heteroatoms. The Labute approximate surface area is 117 Å². The minimum atomic E-state index is -0.437. The molecule has 0 bridgehead atoms. The molecule has 0 saturated heterocycles. The van der Waals surface area contributed by atoms with E-state index in [1.807, 2.05) is 44.4 Å². The van der Waals surface area contributed by atoms with Crippen LogP contribution < -0.4 is 4.74 Å². The zero-order valence-electron chi connectivity index (χ0n) is 11.7. The molecular weight excluding hydrogens is 256 g/mol. The first-order chi connectivity index (χ1) is 9.58. The second-order valence-electron chi connectivity index (χ2n) is 4.42. The highest BCUT2D eigenvalue weighted by Gasteiger charge is 2.21. The number of esters is 1. The monoisotopic (exact) mass is 272 g/mol. The van der Waals surface area contributed by atoms with Crippen LogP contribution in [0.1, 0.15) is 5.56 Å². The van der Waals surface area contributed by atoms with Gasteiger partial charge in [-0.05, 0) is 23.8 Å². The number of nitrogens with zero attached hydrogens (tertiary/aromatic N) is 2. The number of aliphatic imine (C=N–C) groups is 1. The van der Waals surface area contributed by atoms with Crippen molar-refractivity contribution < 1.29 is 14.3 Å². The Morgan fingerprint density at radius 3 is 2.50 bits per heavy atom. The number of cyclic esters (lactones) is 1. The second-order valence-corrected chi connectivity index (χ2v) is 4.42. The van der Waals surface area contributed by atoms with Crippen molar-refractivity contribution in [2.45, 2.75) is 0 Å². The van der Waals surface area contributed by atoms with Gasteiger partial charge in [-0.15, -0.1) is 0 Å². The first kappa shape index (κ1) is 13.9. The Morgan fingerprint density at radius 1 is 1.20 bits per heavy atom. The standard InChI is InChI=1S/C15H16N2O3/c1-17(2)10-13-15(18)20-14(16-13)9-6-11-4-7-12(19-3)8-5-11/h4-10H,1-3H3/b9-6?,13-10-. The maximum absolute atomic E-state index is 11.5. The highest BCUT2D eigenvalue weighted by Crippen LogP contribution is 2.15. The van der Waals surface area contributed by atoms with Gasteiger partial charge in [-0.25, -0.2) is 9.79 Å². The van der Waals surface area contributed by atoms with Gasteiger partial charge in [0.05, 0.1) is 7.11 Å². The van der Waals surface area contributed by atoms with Crippen LogP contribution in [0, 0.1) is 0 Å². The van der Waals surface area contributed by atoms with Crippen molar-refractivity contribution >= 4 is 17.9 Å². The fourth-order valence-electron chi connectivity index (χ4n) is 1.61. The quantitative estimate of drug-likeness (QED) is 0.622. The summed E-state index contributed by atoms with van der Waals surface area (Å²) in [4.78, 5) is 17.4. The van der Waals surface area contributed by atoms with Crippen LogP contribution in [0.3, 0.4) is 0 Å². The van der Waals surface area contributed by atoms with Crippen LogP contribution in [-0.4, -0.2) is 38.0 Å². The third kappa shape index (κ3) is 3.47. The topological polar surface area (TPSA) is 51.1 Å². The minimum Gasteiger partial charge on any atom is -0.497 e. The van der Waals surface area contributed by atoms with Gasteiger partial charge in [-0.3, -0.25) is 0 Å². The summed E-state index contributed by atoms with van der Waals surface area (Å²) in [5, 5.41) is 0. The maximum Gasteiger partial charge on any atom is 0.365 e. The summed E-state index contributed by atoms with van der Waals surface area (Å²) in [6.45, 7) is 0. The largest absolute Gasteiger partial charge is 0.497 e. The third-order valence-corrected chi connectivity index (χ3v) is 2.55. The summed E-state index contributed by atoms with van der Waals surface area (Å²) >= 11 is 0. The van der Waals surface area contributed by atoms with Gasteiger partial charge in [0.25, 0.3) is 0 Å². The highest BCUT2D eigenvalue weighted by atomic mass is 16.6. The van der Waals surface area contributed by atoms with Gasteiger partial charge in [0.2, 0.25) is 5.90 Å². The lowest BCUT2D eigenvalue weighted by molar-refractivity contribution is -0.130. The van der Waals surface area contributed by atoms with Gasteiger partial charge in [0, 0.05) is 26.4 Å². The van der Waals surface area contributed by atoms with E-state index < -0.39 is 5.97 Å². The minimum absolute atomic E-state index is 0.291. The highest BCUT2D eigenvalue weighted by molar-refractivity contribution is 6.09. The van der Waals surface area contributed by atoms with Crippen molar-refractivity contribution in [1.29, 1.82) is 0 Å². The second kappa shape index (κ2) is 6.06. The summed E-state index contributed by atoms with van der Waals surface area (Å²) in [6.07, 6.45) is 5.11. The van der Waals surface area contributed by atoms with Crippen molar-refractivity contribution in [2.24, 2.45) is 4.99 Å². The molecule has 104 valence electrons. The fraction of sp³-hybridized carbons (Fsp3) is 0.200. The van der Waals surface area contributed by atoms with E-state index in [0.29, 0.717) is 11.6 Å². The Morgan fingerprint density at radius 2 is 1.90 bits per heavy atom. The molecule has 0 fully saturated rings. The average molecular weight is 272 g/mol. The smallest absolute Gasteiger partial charge is 0.365 e. The molecule has 1 aliphatic rings. The predicted octanol–water partition coefficient (Wildman–Crippen LogP) is 2.07. The fourth-order valence-corrected chi connectivity index (χ4v) is 1.61. The zero-order chi connectivity index (χ0) is 14.5. The first-order valence-electron chi connectivity index (χ1n) is 6.10. The molecular formula is C15H16N2O3. The summed E-state index contributed by atoms with van der Waals surface area (Å²) < 4.78 is 10.1. The van der Waals surface area contributed by atoms with Crippen molar-refractivity contribution in [3.05, 3.63) is 47.8 Å². The van der Waals surface area contributed by atoms with E-state index in [1.54, 1.807) is 24.3 Å². The first-order valence-corrected chi connectivity index (χ1v) is 6.10. The van der Waals surface area contributed by atoms with Gasteiger partial charge < -0.3 is 14.4 Å². The lowest BCUT2D eigenvalue weighted by Crippen LogP contribution is -2.06. The van der Waals surface area contributed by atoms with E-state index >= 15 is 0 Å². The summed E-state index contributed by atoms with van der Waals surface area (Å²) in [7, 11) is 5.26. The predicted molar refractivity (Wildman–Crippen MR) is 77.3 cm³/mol. The van der Waals surface area contributed by atoms with Gasteiger partial charge in [0.1, 0.15) is 5.75 Å². The van der Waals surface area contributed by atoms with Crippen LogP contribution in [0.25, 0.3) is 6.08 Å². The molecule has 0 N–H and O–H groups in total. The number of hydrogen-bond donors (Lipinski definition) is 0. The lowest BCUT2D eigenvalue weighted by atomic mass is 10.2. The number of carbonyl (C=O) groups is 1. The summed E-state index contributed by atoms with van der Waals surface area (Å²) in [6, 6.07) is 7.53. The van der Waals surface area contributed by atoms with E-state index in [0.717, 1.165) is 11.3 Å². The number of benzene rings is 1. The van der Waals surface area contributed by atoms with Crippen molar-refractivity contribution in [2.75, 3.05) is 21.2 Å². The number of ether oxygens (including phenoxy) is 2. The van der Waals surface area contributed by atoms with Crippen LogP contribution in [0.15, 0.2) is 47.2 Å². The molecule has 1 aromatic rings. The van der Waals surface area contributed by atoms with Crippen LogP contribution in [-0.2, 0) is 9.53 Å². The van der Waals surface area contributed by atoms with Crippen molar-refractivity contribution in [3.8, 4) is 5.75 Å². The molecule has 0 aliphatic carbocycles. The van der Waals surface area contributed by atoms with Crippen LogP contribution >= 0.6 is 0 Å². The Balaban J connectivity index is 2.09. The van der Waals surface area contributed by atoms with Crippen molar-refractivity contribution in [1.82, 2.24) is 4.90 Å². The molecule has 0 atom stereocenters. The summed E-state index contributed by atoms with van der Waals surface area (Å²) in [5.74, 6) is 0.648. The Hall–Kier alpha value is -2.56. The van der Waals surface area contributed by atoms with Crippen LogP contribution in [0.2, 0.25) is 0 Å². The molecule has 5 nitrogen and oxygen atoms in total. The molecule has 2 rings (SSSR count). The molecule has 0 radical (unpaired) electrons. The van der Waals surface area contributed by atoms with E-state index in [2.05, 4.69) is 4.99 Å². The molecule has 1 heterocycles. The van der Waals surface area contributed by atoms with Gasteiger partial charge in [0.15, 0.2) is 5.70 Å². The lowest BCUT2D eigenvalue weighted by Gasteiger charge is -2.02. The molecule has 0 saturated carbocycles. The number of carbonyl (C=O) groups excluding carboxylic acids is 1. The van der Waals surface area contributed by atoms with E-state index in [9.17, 15) is 4.79 Å². The number of rotatable bonds is 4. The SMILES string of the molecule is COc1ccc(C=CC2=N/C(=C\N(C)C)C(=O)O2)cc1. The molecule has 0 unspecified atom stereocenters.